The summed E-state index contributed by atoms with van der Waals surface area (Å²) >= 11 is 0. The van der Waals surface area contributed by atoms with Crippen LogP contribution in [-0.2, 0) is 0 Å². The predicted molar refractivity (Wildman–Crippen MR) is 5.75 cm³/mol. The summed E-state index contributed by atoms with van der Waals surface area (Å²) in [6, 6.07) is 0. The van der Waals surface area contributed by atoms with E-state index in [2.05, 4.69) is 0 Å². The Morgan fingerprint density at radius 3 is 0.875 bits per heavy atom. The van der Waals surface area contributed by atoms with Crippen molar-refractivity contribution in [3.05, 3.63) is 0 Å². The molecule has 0 rings (SSSR count). The number of rotatable bonds is 0. The van der Waals surface area contributed by atoms with Crippen molar-refractivity contribution in [2.75, 3.05) is 0 Å². The second-order valence-corrected chi connectivity index (χ2v) is 1.50. The molecule has 1 radical (unpaired) electrons. The van der Waals surface area contributed by atoms with Gasteiger partial charge in [-0.25, -0.2) is 0 Å². The minimum absolute atomic E-state index is 0. The molecule has 0 aliphatic heterocycles. The molecule has 0 aromatic rings. The molecule has 0 fully saturated rings. The van der Waals surface area contributed by atoms with E-state index in [0.29, 0.717) is 0 Å². The maximum atomic E-state index is 8.58. The van der Waals surface area contributed by atoms with Gasteiger partial charge in [0.15, 0.2) is 0 Å². The third-order valence-electron chi connectivity index (χ3n) is 0. The summed E-state index contributed by atoms with van der Waals surface area (Å²) in [6.07, 6.45) is 0. The average molecular weight is 546 g/mol. The largest absolute Gasteiger partial charge is 3.00 e. The summed E-state index contributed by atoms with van der Waals surface area (Å²) in [4.78, 5) is 34.3. The standard InChI is InChI=1S/Ce.La.Lu.O4Si/c;;;1-5(2,3)4/q3*+3;-4. The van der Waals surface area contributed by atoms with Gasteiger partial charge in [0.05, 0.1) is 0 Å². The van der Waals surface area contributed by atoms with Crippen LogP contribution in [0.2, 0.25) is 0 Å². The molecule has 0 aromatic carbocycles. The zero-order valence-corrected chi connectivity index (χ0v) is 12.9. The first-order chi connectivity index (χ1) is 2.00. The molecule has 0 amide bonds. The summed E-state index contributed by atoms with van der Waals surface area (Å²) in [5, 5.41) is 0. The molecule has 8 heavy (non-hydrogen) atoms. The van der Waals surface area contributed by atoms with E-state index in [4.69, 9.17) is 19.2 Å². The Morgan fingerprint density at radius 1 is 0.875 bits per heavy atom. The van der Waals surface area contributed by atoms with Crippen molar-refractivity contribution in [1.82, 2.24) is 0 Å². The van der Waals surface area contributed by atoms with E-state index in [1.165, 1.54) is 0 Å². The maximum absolute atomic E-state index is 8.58. The summed E-state index contributed by atoms with van der Waals surface area (Å²) in [7, 11) is -5.61. The molecule has 0 unspecified atom stereocenters. The third-order valence-corrected chi connectivity index (χ3v) is 0. The zero-order chi connectivity index (χ0) is 4.50. The fourth-order valence-corrected chi connectivity index (χ4v) is 0. The molecule has 0 atom stereocenters. The van der Waals surface area contributed by atoms with E-state index in [1.807, 2.05) is 0 Å². The second kappa shape index (κ2) is 10.9. The van der Waals surface area contributed by atoms with E-state index in [-0.39, 0.29) is 114 Å². The van der Waals surface area contributed by atoms with Gasteiger partial charge in [-0.2, -0.15) is 0 Å². The van der Waals surface area contributed by atoms with E-state index < -0.39 is 9.05 Å². The molecule has 45 valence electrons. The van der Waals surface area contributed by atoms with Crippen LogP contribution in [0.15, 0.2) is 0 Å². The van der Waals surface area contributed by atoms with Crippen LogP contribution in [-0.4, -0.2) is 9.05 Å². The smallest absolute Gasteiger partial charge is 0.894 e. The van der Waals surface area contributed by atoms with Gasteiger partial charge in [-0.15, -0.1) is 0 Å². The van der Waals surface area contributed by atoms with E-state index >= 15 is 0 Å². The van der Waals surface area contributed by atoms with Gasteiger partial charge in [-0.1, -0.05) is 0 Å². The van der Waals surface area contributed by atoms with Gasteiger partial charge in [0.25, 0.3) is 0 Å². The Labute approximate surface area is 139 Å². The normalized spacial score (nSPS) is 7.50. The van der Waals surface area contributed by atoms with Crippen molar-refractivity contribution >= 4 is 9.05 Å². The minimum atomic E-state index is -5.61. The fraction of sp³-hybridized carbons (Fsp3) is 0. The van der Waals surface area contributed by atoms with E-state index in [1.54, 1.807) is 0 Å². The maximum Gasteiger partial charge on any atom is 3.00 e. The SMILES string of the molecule is [Ce+3].[La+3].[Lu+3].[O-][Si]([O-])([O-])[O-]. The van der Waals surface area contributed by atoms with Gasteiger partial charge >= 0.3 is 114 Å². The molecule has 0 N–H and O–H groups in total. The van der Waals surface area contributed by atoms with E-state index in [9.17, 15) is 0 Å². The molecular formula is CeLaLuO4Si+5. The monoisotopic (exact) mass is 546 g/mol. The van der Waals surface area contributed by atoms with Crippen molar-refractivity contribution in [3.63, 3.8) is 0 Å². The quantitative estimate of drug-likeness (QED) is 0.285. The van der Waals surface area contributed by atoms with Gasteiger partial charge in [0, 0.05) is 0 Å². The van der Waals surface area contributed by atoms with Gasteiger partial charge in [0.2, 0.25) is 0 Å². The first-order valence-electron chi connectivity index (χ1n) is 0.816. The average Bonchev–Trinajstić information content (AvgIpc) is 0.722. The number of hydrogen-bond donors (Lipinski definition) is 0. The van der Waals surface area contributed by atoms with Gasteiger partial charge in [-0.05, 0) is 0 Å². The second-order valence-electron chi connectivity index (χ2n) is 0.500. The molecule has 0 aromatic heterocycles. The first kappa shape index (κ1) is 22.6. The van der Waals surface area contributed by atoms with Crippen molar-refractivity contribution in [2.24, 2.45) is 0 Å². The molecule has 8 heteroatoms. The molecule has 0 heterocycles. The molecule has 4 nitrogen and oxygen atoms in total. The molecule has 0 bridgehead atoms. The van der Waals surface area contributed by atoms with Crippen LogP contribution < -0.4 is 19.2 Å². The van der Waals surface area contributed by atoms with Crippen LogP contribution in [0, 0.1) is 114 Å². The molecule has 0 spiro atoms. The molecule has 0 aliphatic carbocycles. The van der Waals surface area contributed by atoms with Crippen LogP contribution in [0.3, 0.4) is 0 Å². The minimum Gasteiger partial charge on any atom is -0.894 e. The van der Waals surface area contributed by atoms with Crippen LogP contribution >= 0.6 is 0 Å². The predicted octanol–water partition coefficient (Wildman–Crippen LogP) is -5.14. The van der Waals surface area contributed by atoms with Crippen molar-refractivity contribution < 1.29 is 133 Å². The topological polar surface area (TPSA) is 92.2 Å². The van der Waals surface area contributed by atoms with Crippen molar-refractivity contribution in [1.29, 1.82) is 0 Å². The summed E-state index contributed by atoms with van der Waals surface area (Å²) in [5.74, 6) is 0. The van der Waals surface area contributed by atoms with Gasteiger partial charge in [-0.3, -0.25) is 0 Å². The first-order valence-corrected chi connectivity index (χ1v) is 2.45. The van der Waals surface area contributed by atoms with Crippen molar-refractivity contribution in [2.45, 2.75) is 0 Å². The number of hydrogen-bond acceptors (Lipinski definition) is 4. The molecule has 0 saturated heterocycles. The fourth-order valence-electron chi connectivity index (χ4n) is 0. The molecule has 0 saturated carbocycles. The van der Waals surface area contributed by atoms with E-state index in [0.717, 1.165) is 0 Å². The Balaban J connectivity index is -0.0000000267. The summed E-state index contributed by atoms with van der Waals surface area (Å²) < 4.78 is 0. The van der Waals surface area contributed by atoms with Crippen LogP contribution in [0.4, 0.5) is 0 Å². The Hall–Kier alpha value is 3.86. The Kier molecular flexibility index (Phi) is 30.7. The third kappa shape index (κ3) is 51.9. The van der Waals surface area contributed by atoms with Crippen LogP contribution in [0.5, 0.6) is 0 Å². The molecular weight excluding hydrogens is 546 g/mol. The Morgan fingerprint density at radius 2 is 0.875 bits per heavy atom. The zero-order valence-electron chi connectivity index (χ0n) is 3.47. The molecule has 0 aliphatic rings. The summed E-state index contributed by atoms with van der Waals surface area (Å²) in [6.45, 7) is 0. The van der Waals surface area contributed by atoms with Gasteiger partial charge in [0.1, 0.15) is 0 Å². The van der Waals surface area contributed by atoms with Crippen LogP contribution in [0.25, 0.3) is 0 Å². The van der Waals surface area contributed by atoms with Gasteiger partial charge < -0.3 is 28.2 Å². The van der Waals surface area contributed by atoms with Crippen LogP contribution in [0.1, 0.15) is 0 Å². The van der Waals surface area contributed by atoms with Crippen molar-refractivity contribution in [3.8, 4) is 0 Å². The summed E-state index contributed by atoms with van der Waals surface area (Å²) in [5.41, 5.74) is 0. The Bertz CT molecular complexity index is 31.5.